The Hall–Kier alpha value is -3.30. The van der Waals surface area contributed by atoms with Gasteiger partial charge in [0.1, 0.15) is 5.75 Å². The molecule has 4 rings (SSSR count). The number of benzene rings is 3. The van der Waals surface area contributed by atoms with Crippen molar-refractivity contribution in [3.63, 3.8) is 0 Å². The highest BCUT2D eigenvalue weighted by molar-refractivity contribution is 5.72. The van der Waals surface area contributed by atoms with E-state index in [1.165, 1.54) is 24.3 Å². The quantitative estimate of drug-likeness (QED) is 0.212. The van der Waals surface area contributed by atoms with Crippen molar-refractivity contribution in [3.05, 3.63) is 76.6 Å². The molecule has 0 bridgehead atoms. The van der Waals surface area contributed by atoms with Crippen molar-refractivity contribution in [2.24, 2.45) is 5.92 Å². The molecule has 10 heteroatoms. The molecule has 1 aliphatic rings. The van der Waals surface area contributed by atoms with Crippen molar-refractivity contribution < 1.29 is 44.6 Å². The summed E-state index contributed by atoms with van der Waals surface area (Å²) in [5.74, 6) is -9.30. The molecular formula is C29H26F8O2. The molecule has 3 aromatic rings. The van der Waals surface area contributed by atoms with E-state index in [9.17, 15) is 26.3 Å². The fourth-order valence-electron chi connectivity index (χ4n) is 5.21. The number of rotatable bonds is 7. The van der Waals surface area contributed by atoms with Gasteiger partial charge in [-0.05, 0) is 68.2 Å². The van der Waals surface area contributed by atoms with E-state index < -0.39 is 58.4 Å². The standard InChI is InChI=1S/C29H26F8O2/c1-3-6-16-9-11-17(12-10-16)23-26(34)24(32)15(2)25(33)28(23)38-22-8-5-4-7-19(22)18-13-20(30)27(21(31)14-18)39-29(35,36)37/h4-5,7-8,13-14,16-17H,3,6,9-12H2,1-2H3/t16-,17-. The van der Waals surface area contributed by atoms with Gasteiger partial charge in [0, 0.05) is 16.7 Å². The highest BCUT2D eigenvalue weighted by atomic mass is 19.4. The third-order valence-electron chi connectivity index (χ3n) is 7.11. The van der Waals surface area contributed by atoms with Crippen LogP contribution in [-0.4, -0.2) is 6.36 Å². The van der Waals surface area contributed by atoms with Crippen molar-refractivity contribution >= 4 is 0 Å². The molecule has 0 atom stereocenters. The van der Waals surface area contributed by atoms with Crippen LogP contribution in [0.25, 0.3) is 11.1 Å². The lowest BCUT2D eigenvalue weighted by Gasteiger charge is -2.30. The first kappa shape index (κ1) is 28.7. The van der Waals surface area contributed by atoms with Crippen molar-refractivity contribution in [1.82, 2.24) is 0 Å². The fourth-order valence-corrected chi connectivity index (χ4v) is 5.21. The van der Waals surface area contributed by atoms with Crippen LogP contribution in [0.5, 0.6) is 17.2 Å². The van der Waals surface area contributed by atoms with E-state index in [1.807, 2.05) is 0 Å². The zero-order valence-electron chi connectivity index (χ0n) is 21.2. The Balaban J connectivity index is 1.76. The van der Waals surface area contributed by atoms with Gasteiger partial charge in [0.15, 0.2) is 34.8 Å². The van der Waals surface area contributed by atoms with Crippen LogP contribution < -0.4 is 9.47 Å². The molecule has 0 aliphatic heterocycles. The first-order valence-electron chi connectivity index (χ1n) is 12.6. The van der Waals surface area contributed by atoms with Crippen LogP contribution in [0.2, 0.25) is 0 Å². The van der Waals surface area contributed by atoms with Crippen LogP contribution in [0.3, 0.4) is 0 Å². The summed E-state index contributed by atoms with van der Waals surface area (Å²) in [5.41, 5.74) is -1.09. The minimum atomic E-state index is -5.32. The molecule has 3 aromatic carbocycles. The average molecular weight is 559 g/mol. The zero-order valence-corrected chi connectivity index (χ0v) is 21.2. The SMILES string of the molecule is CCC[C@H]1CC[C@H](c2c(F)c(F)c(C)c(F)c2Oc2ccccc2-c2cc(F)c(OC(F)(F)F)c(F)c2)CC1. The molecular weight excluding hydrogens is 532 g/mol. The van der Waals surface area contributed by atoms with Gasteiger partial charge in [-0.25, -0.2) is 22.0 Å². The summed E-state index contributed by atoms with van der Waals surface area (Å²) >= 11 is 0. The largest absolute Gasteiger partial charge is 0.573 e. The maximum absolute atomic E-state index is 15.4. The second-order valence-electron chi connectivity index (χ2n) is 9.73. The highest BCUT2D eigenvalue weighted by Crippen LogP contribution is 2.47. The van der Waals surface area contributed by atoms with Crippen LogP contribution in [0.1, 0.15) is 62.5 Å². The van der Waals surface area contributed by atoms with Gasteiger partial charge in [0.05, 0.1) is 0 Å². The van der Waals surface area contributed by atoms with E-state index in [-0.39, 0.29) is 22.4 Å². The van der Waals surface area contributed by atoms with Gasteiger partial charge in [-0.15, -0.1) is 13.2 Å². The molecule has 210 valence electrons. The van der Waals surface area contributed by atoms with Crippen molar-refractivity contribution in [2.75, 3.05) is 0 Å². The number of para-hydroxylation sites is 1. The van der Waals surface area contributed by atoms with E-state index >= 15 is 8.78 Å². The summed E-state index contributed by atoms with van der Waals surface area (Å²) < 4.78 is 121. The second-order valence-corrected chi connectivity index (χ2v) is 9.73. The molecule has 0 heterocycles. The summed E-state index contributed by atoms with van der Waals surface area (Å²) in [4.78, 5) is 0. The predicted octanol–water partition coefficient (Wildman–Crippen LogP) is 10.1. The summed E-state index contributed by atoms with van der Waals surface area (Å²) in [6.45, 7) is 3.13. The first-order valence-corrected chi connectivity index (χ1v) is 12.6. The molecule has 1 fully saturated rings. The van der Waals surface area contributed by atoms with Crippen LogP contribution in [-0.2, 0) is 0 Å². The lowest BCUT2D eigenvalue weighted by atomic mass is 9.76. The number of alkyl halides is 3. The molecule has 2 nitrogen and oxygen atoms in total. The Morgan fingerprint density at radius 2 is 1.44 bits per heavy atom. The average Bonchev–Trinajstić information content (AvgIpc) is 2.89. The first-order chi connectivity index (χ1) is 18.4. The van der Waals surface area contributed by atoms with Gasteiger partial charge >= 0.3 is 6.36 Å². The maximum atomic E-state index is 15.4. The van der Waals surface area contributed by atoms with Crippen LogP contribution in [0.4, 0.5) is 35.1 Å². The van der Waals surface area contributed by atoms with Crippen LogP contribution >= 0.6 is 0 Å². The van der Waals surface area contributed by atoms with Gasteiger partial charge in [-0.1, -0.05) is 38.0 Å². The molecule has 1 aliphatic carbocycles. The molecule has 0 amide bonds. The third kappa shape index (κ3) is 6.15. The monoisotopic (exact) mass is 558 g/mol. The van der Waals surface area contributed by atoms with Crippen LogP contribution in [0.15, 0.2) is 36.4 Å². The molecule has 0 spiro atoms. The van der Waals surface area contributed by atoms with Crippen molar-refractivity contribution in [1.29, 1.82) is 0 Å². The molecule has 0 saturated heterocycles. The van der Waals surface area contributed by atoms with E-state index in [0.29, 0.717) is 30.9 Å². The summed E-state index contributed by atoms with van der Waals surface area (Å²) in [6.07, 6.45) is -0.808. The lowest BCUT2D eigenvalue weighted by molar-refractivity contribution is -0.276. The van der Waals surface area contributed by atoms with Crippen LogP contribution in [0, 0.1) is 41.9 Å². The minimum Gasteiger partial charge on any atom is -0.453 e. The Labute approximate surface area is 220 Å². The second kappa shape index (κ2) is 11.4. The summed E-state index contributed by atoms with van der Waals surface area (Å²) in [7, 11) is 0. The van der Waals surface area contributed by atoms with Gasteiger partial charge in [0.25, 0.3) is 0 Å². The zero-order chi connectivity index (χ0) is 28.5. The van der Waals surface area contributed by atoms with Crippen molar-refractivity contribution in [3.8, 4) is 28.4 Å². The van der Waals surface area contributed by atoms with E-state index in [2.05, 4.69) is 11.7 Å². The molecule has 39 heavy (non-hydrogen) atoms. The van der Waals surface area contributed by atoms with Crippen molar-refractivity contribution in [2.45, 2.75) is 64.7 Å². The van der Waals surface area contributed by atoms with Gasteiger partial charge < -0.3 is 9.47 Å². The van der Waals surface area contributed by atoms with Gasteiger partial charge in [-0.3, -0.25) is 0 Å². The molecule has 1 saturated carbocycles. The molecule has 0 aromatic heterocycles. The fraction of sp³-hybridized carbons (Fsp3) is 0.379. The Morgan fingerprint density at radius 1 is 0.821 bits per heavy atom. The Morgan fingerprint density at radius 3 is 2.03 bits per heavy atom. The Kier molecular flexibility index (Phi) is 8.42. The van der Waals surface area contributed by atoms with E-state index in [0.717, 1.165) is 32.6 Å². The topological polar surface area (TPSA) is 18.5 Å². The molecule has 0 unspecified atom stereocenters. The highest BCUT2D eigenvalue weighted by Gasteiger charge is 2.35. The number of ether oxygens (including phenoxy) is 2. The lowest BCUT2D eigenvalue weighted by Crippen LogP contribution is -2.19. The van der Waals surface area contributed by atoms with Gasteiger partial charge in [0.2, 0.25) is 5.75 Å². The number of hydrogen-bond acceptors (Lipinski definition) is 2. The molecule has 0 N–H and O–H groups in total. The number of hydrogen-bond donors (Lipinski definition) is 0. The van der Waals surface area contributed by atoms with E-state index in [4.69, 9.17) is 4.74 Å². The maximum Gasteiger partial charge on any atom is 0.573 e. The Bertz CT molecular complexity index is 1320. The smallest absolute Gasteiger partial charge is 0.453 e. The molecule has 0 radical (unpaired) electrons. The van der Waals surface area contributed by atoms with E-state index in [1.54, 1.807) is 0 Å². The third-order valence-corrected chi connectivity index (χ3v) is 7.11. The minimum absolute atomic E-state index is 0.0201. The normalized spacial score (nSPS) is 17.8. The summed E-state index contributed by atoms with van der Waals surface area (Å²) in [5, 5.41) is 0. The predicted molar refractivity (Wildman–Crippen MR) is 129 cm³/mol. The number of halogens is 8. The van der Waals surface area contributed by atoms with Gasteiger partial charge in [-0.2, -0.15) is 0 Å². The summed E-state index contributed by atoms with van der Waals surface area (Å²) in [6, 6.07) is 6.80.